The summed E-state index contributed by atoms with van der Waals surface area (Å²) in [5.41, 5.74) is 1.97. The summed E-state index contributed by atoms with van der Waals surface area (Å²) in [6, 6.07) is 28.7. The van der Waals surface area contributed by atoms with Crippen molar-refractivity contribution >= 4 is 50.7 Å². The highest BCUT2D eigenvalue weighted by Gasteiger charge is 2.36. The molecular formula is C35H37Cl2N3O4S. The van der Waals surface area contributed by atoms with Crippen LogP contribution in [0.15, 0.2) is 108 Å². The van der Waals surface area contributed by atoms with Crippen molar-refractivity contribution in [2.75, 3.05) is 10.8 Å². The first-order valence-electron chi connectivity index (χ1n) is 14.5. The van der Waals surface area contributed by atoms with Gasteiger partial charge in [0.05, 0.1) is 20.6 Å². The van der Waals surface area contributed by atoms with Crippen LogP contribution in [0.5, 0.6) is 0 Å². The number of rotatable bonds is 11. The second kappa shape index (κ2) is 14.5. The second-order valence-corrected chi connectivity index (χ2v) is 14.5. The lowest BCUT2D eigenvalue weighted by Crippen LogP contribution is -2.56. The van der Waals surface area contributed by atoms with Crippen molar-refractivity contribution in [1.29, 1.82) is 0 Å². The van der Waals surface area contributed by atoms with Crippen LogP contribution in [0.25, 0.3) is 0 Å². The fraction of sp³-hybridized carbons (Fsp3) is 0.257. The Morgan fingerprint density at radius 3 is 1.96 bits per heavy atom. The number of aryl methyl sites for hydroxylation is 1. The molecule has 0 saturated carbocycles. The lowest BCUT2D eigenvalue weighted by atomic mass is 10.0. The number of halogens is 2. The Labute approximate surface area is 275 Å². The maximum Gasteiger partial charge on any atom is 0.264 e. The first-order valence-corrected chi connectivity index (χ1v) is 16.7. The van der Waals surface area contributed by atoms with Gasteiger partial charge in [-0.05, 0) is 63.1 Å². The maximum absolute atomic E-state index is 14.5. The molecular weight excluding hydrogens is 629 g/mol. The molecule has 1 N–H and O–H groups in total. The normalized spacial score (nSPS) is 12.3. The molecule has 0 unspecified atom stereocenters. The van der Waals surface area contributed by atoms with Crippen molar-refractivity contribution in [3.63, 3.8) is 0 Å². The van der Waals surface area contributed by atoms with Gasteiger partial charge in [-0.1, -0.05) is 108 Å². The molecule has 1 atom stereocenters. The summed E-state index contributed by atoms with van der Waals surface area (Å²) in [5, 5.41) is 3.15. The minimum Gasteiger partial charge on any atom is -0.350 e. The maximum atomic E-state index is 14.5. The van der Waals surface area contributed by atoms with Crippen molar-refractivity contribution in [1.82, 2.24) is 10.2 Å². The Kier molecular flexibility index (Phi) is 11.0. The number of carbonyl (C=O) groups is 2. The summed E-state index contributed by atoms with van der Waals surface area (Å²) in [6.07, 6.45) is 0.212. The molecule has 2 amide bonds. The summed E-state index contributed by atoms with van der Waals surface area (Å²) in [4.78, 5) is 29.9. The van der Waals surface area contributed by atoms with Gasteiger partial charge in [0, 0.05) is 18.5 Å². The summed E-state index contributed by atoms with van der Waals surface area (Å²) in [7, 11) is -4.30. The van der Waals surface area contributed by atoms with Gasteiger partial charge in [0.1, 0.15) is 12.6 Å². The largest absolute Gasteiger partial charge is 0.350 e. The highest BCUT2D eigenvalue weighted by Crippen LogP contribution is 2.35. The van der Waals surface area contributed by atoms with Gasteiger partial charge >= 0.3 is 0 Å². The van der Waals surface area contributed by atoms with Crippen LogP contribution in [0.4, 0.5) is 5.69 Å². The average molecular weight is 667 g/mol. The summed E-state index contributed by atoms with van der Waals surface area (Å²) in [5.74, 6) is -0.945. The number of benzene rings is 4. The Morgan fingerprint density at radius 2 is 1.38 bits per heavy atom. The highest BCUT2D eigenvalue weighted by atomic mass is 35.5. The number of nitrogens with zero attached hydrogens (tertiary/aromatic N) is 2. The van der Waals surface area contributed by atoms with Crippen LogP contribution >= 0.6 is 23.2 Å². The number of hydrogen-bond donors (Lipinski definition) is 1. The van der Waals surface area contributed by atoms with Gasteiger partial charge in [-0.2, -0.15) is 0 Å². The molecule has 0 bridgehead atoms. The molecule has 0 aliphatic carbocycles. The smallest absolute Gasteiger partial charge is 0.264 e. The Hall–Kier alpha value is -3.85. The molecule has 0 saturated heterocycles. The van der Waals surface area contributed by atoms with Crippen molar-refractivity contribution in [3.8, 4) is 0 Å². The van der Waals surface area contributed by atoms with Crippen LogP contribution in [0.2, 0.25) is 10.0 Å². The molecule has 0 spiro atoms. The van der Waals surface area contributed by atoms with Gasteiger partial charge in [0.2, 0.25) is 11.8 Å². The van der Waals surface area contributed by atoms with E-state index in [4.69, 9.17) is 23.2 Å². The third-order valence-electron chi connectivity index (χ3n) is 7.05. The average Bonchev–Trinajstić information content (AvgIpc) is 2.99. The van der Waals surface area contributed by atoms with Gasteiger partial charge in [0.15, 0.2) is 0 Å². The predicted octanol–water partition coefficient (Wildman–Crippen LogP) is 7.05. The zero-order valence-electron chi connectivity index (χ0n) is 25.7. The molecule has 0 aliphatic rings. The number of anilines is 1. The molecule has 0 radical (unpaired) electrons. The third kappa shape index (κ3) is 8.87. The van der Waals surface area contributed by atoms with Gasteiger partial charge in [-0.25, -0.2) is 8.42 Å². The molecule has 7 nitrogen and oxygen atoms in total. The number of carbonyl (C=O) groups excluding carboxylic acids is 2. The molecule has 0 aromatic heterocycles. The summed E-state index contributed by atoms with van der Waals surface area (Å²) >= 11 is 12.9. The van der Waals surface area contributed by atoms with E-state index >= 15 is 0 Å². The fourth-order valence-corrected chi connectivity index (χ4v) is 6.70. The minimum absolute atomic E-state index is 0.0106. The molecule has 0 fully saturated rings. The fourth-order valence-electron chi connectivity index (χ4n) is 4.82. The number of sulfonamides is 1. The van der Waals surface area contributed by atoms with Crippen molar-refractivity contribution < 1.29 is 18.0 Å². The van der Waals surface area contributed by atoms with Gasteiger partial charge < -0.3 is 10.2 Å². The van der Waals surface area contributed by atoms with Crippen molar-refractivity contribution in [3.05, 3.63) is 130 Å². The monoisotopic (exact) mass is 665 g/mol. The number of hydrogen-bond acceptors (Lipinski definition) is 4. The Morgan fingerprint density at radius 1 is 0.800 bits per heavy atom. The van der Waals surface area contributed by atoms with Crippen LogP contribution in [-0.2, 0) is 32.6 Å². The van der Waals surface area contributed by atoms with Gasteiger partial charge in [-0.15, -0.1) is 0 Å². The van der Waals surface area contributed by atoms with Crippen LogP contribution in [-0.4, -0.2) is 43.3 Å². The van der Waals surface area contributed by atoms with Crippen molar-refractivity contribution in [2.24, 2.45) is 0 Å². The van der Waals surface area contributed by atoms with E-state index in [-0.39, 0.29) is 39.5 Å². The summed E-state index contributed by atoms with van der Waals surface area (Å²) in [6.45, 7) is 6.89. The molecule has 0 aliphatic heterocycles. The lowest BCUT2D eigenvalue weighted by molar-refractivity contribution is -0.140. The van der Waals surface area contributed by atoms with E-state index in [1.165, 1.54) is 23.1 Å². The number of amides is 2. The molecule has 4 aromatic carbocycles. The summed E-state index contributed by atoms with van der Waals surface area (Å²) < 4.78 is 29.3. The topological polar surface area (TPSA) is 86.8 Å². The van der Waals surface area contributed by atoms with Gasteiger partial charge in [0.25, 0.3) is 10.0 Å². The van der Waals surface area contributed by atoms with Crippen molar-refractivity contribution in [2.45, 2.75) is 57.1 Å². The number of nitrogens with one attached hydrogen (secondary N) is 1. The third-order valence-corrected chi connectivity index (χ3v) is 9.64. The molecule has 4 aromatic rings. The Bertz CT molecular complexity index is 1730. The second-order valence-electron chi connectivity index (χ2n) is 11.8. The van der Waals surface area contributed by atoms with E-state index < -0.39 is 34.1 Å². The minimum atomic E-state index is -4.30. The zero-order valence-corrected chi connectivity index (χ0v) is 28.0. The molecule has 236 valence electrons. The Balaban J connectivity index is 1.83. The van der Waals surface area contributed by atoms with Gasteiger partial charge in [-0.3, -0.25) is 13.9 Å². The van der Waals surface area contributed by atoms with E-state index in [2.05, 4.69) is 5.32 Å². The molecule has 10 heteroatoms. The van der Waals surface area contributed by atoms with E-state index in [1.807, 2.05) is 88.4 Å². The molecule has 4 rings (SSSR count). The van der Waals surface area contributed by atoms with E-state index in [0.29, 0.717) is 0 Å². The first-order chi connectivity index (χ1) is 21.3. The standard InChI is InChI=1S/C35H37Cl2N3O4S/c1-25-18-20-28(21-19-25)45(43,44)40(30-17-11-16-29(36)33(30)37)24-32(41)39(23-27-14-9-6-10-15-27)31(34(42)38-35(2,3)4)22-26-12-7-5-8-13-26/h5-21,31H,22-24H2,1-4H3,(H,38,42)/t31-/m1/s1. The van der Waals surface area contributed by atoms with Crippen LogP contribution in [0, 0.1) is 6.92 Å². The van der Waals surface area contributed by atoms with E-state index in [0.717, 1.165) is 21.0 Å². The van der Waals surface area contributed by atoms with E-state index in [9.17, 15) is 18.0 Å². The first kappa shape index (κ1) is 34.0. The SMILES string of the molecule is Cc1ccc(S(=O)(=O)N(CC(=O)N(Cc2ccccc2)[C@H](Cc2ccccc2)C(=O)NC(C)(C)C)c2cccc(Cl)c2Cl)cc1. The van der Waals surface area contributed by atoms with Crippen LogP contribution in [0.3, 0.4) is 0 Å². The highest BCUT2D eigenvalue weighted by molar-refractivity contribution is 7.92. The molecule has 45 heavy (non-hydrogen) atoms. The van der Waals surface area contributed by atoms with Crippen LogP contribution in [0.1, 0.15) is 37.5 Å². The predicted molar refractivity (Wildman–Crippen MR) is 181 cm³/mol. The zero-order chi connectivity index (χ0) is 32.8. The van der Waals surface area contributed by atoms with Crippen LogP contribution < -0.4 is 9.62 Å². The quantitative estimate of drug-likeness (QED) is 0.186. The molecule has 0 heterocycles. The van der Waals surface area contributed by atoms with E-state index in [1.54, 1.807) is 24.3 Å². The lowest BCUT2D eigenvalue weighted by Gasteiger charge is -2.35.